The lowest BCUT2D eigenvalue weighted by molar-refractivity contribution is -0.150. The molecule has 84 valence electrons. The SMILES string of the molecule is CC(=O)O[C@@H]1CCCNC(=O)C(C=O)C1. The maximum Gasteiger partial charge on any atom is 0.302 e. The molecule has 0 radical (unpaired) electrons. The Morgan fingerprint density at radius 3 is 2.93 bits per heavy atom. The largest absolute Gasteiger partial charge is 0.463 e. The van der Waals surface area contributed by atoms with Gasteiger partial charge in [-0.2, -0.15) is 0 Å². The van der Waals surface area contributed by atoms with Gasteiger partial charge in [-0.3, -0.25) is 9.59 Å². The molecule has 1 amide bonds. The highest BCUT2D eigenvalue weighted by Gasteiger charge is 2.26. The summed E-state index contributed by atoms with van der Waals surface area (Å²) in [6.45, 7) is 1.86. The van der Waals surface area contributed by atoms with Gasteiger partial charge in [-0.05, 0) is 12.8 Å². The van der Waals surface area contributed by atoms with Crippen molar-refractivity contribution in [2.45, 2.75) is 32.3 Å². The zero-order chi connectivity index (χ0) is 11.3. The number of amides is 1. The highest BCUT2D eigenvalue weighted by molar-refractivity contribution is 5.91. The number of hydrogen-bond acceptors (Lipinski definition) is 4. The van der Waals surface area contributed by atoms with Crippen molar-refractivity contribution in [3.05, 3.63) is 0 Å². The van der Waals surface area contributed by atoms with Crippen molar-refractivity contribution in [1.29, 1.82) is 0 Å². The van der Waals surface area contributed by atoms with E-state index < -0.39 is 5.92 Å². The topological polar surface area (TPSA) is 72.5 Å². The summed E-state index contributed by atoms with van der Waals surface area (Å²) < 4.78 is 5.03. The molecule has 0 bridgehead atoms. The molecule has 1 aliphatic rings. The zero-order valence-corrected chi connectivity index (χ0v) is 8.69. The molecule has 0 spiro atoms. The van der Waals surface area contributed by atoms with Crippen molar-refractivity contribution in [2.75, 3.05) is 6.54 Å². The Bertz CT molecular complexity index is 264. The van der Waals surface area contributed by atoms with Gasteiger partial charge in [-0.25, -0.2) is 0 Å². The fourth-order valence-electron chi connectivity index (χ4n) is 1.64. The van der Waals surface area contributed by atoms with Crippen LogP contribution < -0.4 is 5.32 Å². The Morgan fingerprint density at radius 1 is 1.60 bits per heavy atom. The van der Waals surface area contributed by atoms with E-state index in [9.17, 15) is 14.4 Å². The minimum Gasteiger partial charge on any atom is -0.463 e. The first kappa shape index (κ1) is 11.7. The van der Waals surface area contributed by atoms with Crippen molar-refractivity contribution in [3.8, 4) is 0 Å². The summed E-state index contributed by atoms with van der Waals surface area (Å²) in [5.41, 5.74) is 0. The molecular formula is C10H15NO4. The monoisotopic (exact) mass is 213 g/mol. The van der Waals surface area contributed by atoms with Crippen LogP contribution in [0, 0.1) is 5.92 Å². The third-order valence-corrected chi connectivity index (χ3v) is 2.35. The van der Waals surface area contributed by atoms with Crippen molar-refractivity contribution < 1.29 is 19.1 Å². The molecule has 5 nitrogen and oxygen atoms in total. The highest BCUT2D eigenvalue weighted by atomic mass is 16.5. The van der Waals surface area contributed by atoms with Gasteiger partial charge in [0, 0.05) is 19.9 Å². The molecular weight excluding hydrogens is 198 g/mol. The first-order valence-corrected chi connectivity index (χ1v) is 5.03. The van der Waals surface area contributed by atoms with E-state index >= 15 is 0 Å². The zero-order valence-electron chi connectivity index (χ0n) is 8.69. The minimum absolute atomic E-state index is 0.276. The average Bonchev–Trinajstić information content (AvgIpc) is 2.16. The fraction of sp³-hybridized carbons (Fsp3) is 0.700. The molecule has 1 saturated heterocycles. The van der Waals surface area contributed by atoms with Gasteiger partial charge >= 0.3 is 5.97 Å². The number of rotatable bonds is 2. The van der Waals surface area contributed by atoms with Crippen LogP contribution in [0.4, 0.5) is 0 Å². The Labute approximate surface area is 88.2 Å². The van der Waals surface area contributed by atoms with E-state index in [1.807, 2.05) is 0 Å². The van der Waals surface area contributed by atoms with Crippen LogP contribution in [0.1, 0.15) is 26.2 Å². The number of ether oxygens (including phenoxy) is 1. The van der Waals surface area contributed by atoms with E-state index in [2.05, 4.69) is 5.32 Å². The van der Waals surface area contributed by atoms with Crippen LogP contribution in [0.3, 0.4) is 0 Å². The molecule has 1 rings (SSSR count). The van der Waals surface area contributed by atoms with Crippen molar-refractivity contribution >= 4 is 18.2 Å². The maximum atomic E-state index is 11.3. The second-order valence-electron chi connectivity index (χ2n) is 3.64. The van der Waals surface area contributed by atoms with Gasteiger partial charge in [0.1, 0.15) is 12.4 Å². The first-order valence-electron chi connectivity index (χ1n) is 5.03. The van der Waals surface area contributed by atoms with Crippen LogP contribution in [-0.4, -0.2) is 30.8 Å². The second kappa shape index (κ2) is 5.48. The molecule has 1 aliphatic heterocycles. The summed E-state index contributed by atoms with van der Waals surface area (Å²) in [6.07, 6.45) is 2.02. The average molecular weight is 213 g/mol. The van der Waals surface area contributed by atoms with E-state index in [1.54, 1.807) is 0 Å². The van der Waals surface area contributed by atoms with Crippen LogP contribution in [0.25, 0.3) is 0 Å². The Kier molecular flexibility index (Phi) is 4.27. The van der Waals surface area contributed by atoms with Gasteiger partial charge in [0.15, 0.2) is 0 Å². The highest BCUT2D eigenvalue weighted by Crippen LogP contribution is 2.15. The lowest BCUT2D eigenvalue weighted by Crippen LogP contribution is -2.38. The summed E-state index contributed by atoms with van der Waals surface area (Å²) in [5.74, 6) is -1.35. The third kappa shape index (κ3) is 3.69. The molecule has 1 N–H and O–H groups in total. The number of aldehydes is 1. The quantitative estimate of drug-likeness (QED) is 0.399. The first-order chi connectivity index (χ1) is 7.13. The second-order valence-corrected chi connectivity index (χ2v) is 3.64. The molecule has 5 heteroatoms. The molecule has 2 atom stereocenters. The number of hydrogen-bond donors (Lipinski definition) is 1. The third-order valence-electron chi connectivity index (χ3n) is 2.35. The molecule has 15 heavy (non-hydrogen) atoms. The predicted octanol–water partition coefficient (Wildman–Crippen LogP) is 0.0333. The summed E-state index contributed by atoms with van der Waals surface area (Å²) in [5, 5.41) is 2.65. The van der Waals surface area contributed by atoms with Crippen LogP contribution in [0.15, 0.2) is 0 Å². The van der Waals surface area contributed by atoms with Crippen molar-refractivity contribution in [1.82, 2.24) is 5.32 Å². The molecule has 1 unspecified atom stereocenters. The standard InChI is InChI=1S/C10H15NO4/c1-7(13)15-9-3-2-4-11-10(14)8(5-9)6-12/h6,8-9H,2-5H2,1H3,(H,11,14)/t8?,9-/m1/s1. The van der Waals surface area contributed by atoms with E-state index in [0.29, 0.717) is 19.3 Å². The molecule has 0 saturated carbocycles. The number of carbonyl (C=O) groups is 3. The van der Waals surface area contributed by atoms with E-state index in [-0.39, 0.29) is 24.4 Å². The van der Waals surface area contributed by atoms with Crippen LogP contribution >= 0.6 is 0 Å². The van der Waals surface area contributed by atoms with Gasteiger partial charge in [0.25, 0.3) is 0 Å². The summed E-state index contributed by atoms with van der Waals surface area (Å²) in [6, 6.07) is 0. The van der Waals surface area contributed by atoms with Gasteiger partial charge in [0.2, 0.25) is 5.91 Å². The van der Waals surface area contributed by atoms with Crippen LogP contribution in [0.2, 0.25) is 0 Å². The lowest BCUT2D eigenvalue weighted by Gasteiger charge is -2.22. The maximum absolute atomic E-state index is 11.3. The Hall–Kier alpha value is -1.39. The lowest BCUT2D eigenvalue weighted by atomic mass is 9.97. The molecule has 1 fully saturated rings. The molecule has 0 aliphatic carbocycles. The molecule has 0 aromatic rings. The predicted molar refractivity (Wildman–Crippen MR) is 52.0 cm³/mol. The van der Waals surface area contributed by atoms with Crippen LogP contribution in [-0.2, 0) is 19.1 Å². The Balaban J connectivity index is 2.60. The van der Waals surface area contributed by atoms with Gasteiger partial charge in [0.05, 0.1) is 5.92 Å². The van der Waals surface area contributed by atoms with Crippen LogP contribution in [0.5, 0.6) is 0 Å². The molecule has 1 heterocycles. The number of esters is 1. The normalized spacial score (nSPS) is 27.1. The molecule has 0 aromatic heterocycles. The molecule has 0 aromatic carbocycles. The summed E-state index contributed by atoms with van der Waals surface area (Å²) in [7, 11) is 0. The van der Waals surface area contributed by atoms with E-state index in [1.165, 1.54) is 6.92 Å². The van der Waals surface area contributed by atoms with Gasteiger partial charge in [-0.15, -0.1) is 0 Å². The van der Waals surface area contributed by atoms with Gasteiger partial charge < -0.3 is 14.8 Å². The van der Waals surface area contributed by atoms with Crippen molar-refractivity contribution in [2.24, 2.45) is 5.92 Å². The van der Waals surface area contributed by atoms with E-state index in [0.717, 1.165) is 6.42 Å². The number of carbonyl (C=O) groups excluding carboxylic acids is 3. The fourth-order valence-corrected chi connectivity index (χ4v) is 1.64. The summed E-state index contributed by atoms with van der Waals surface area (Å²) >= 11 is 0. The summed E-state index contributed by atoms with van der Waals surface area (Å²) in [4.78, 5) is 32.8. The Morgan fingerprint density at radius 2 is 2.33 bits per heavy atom. The van der Waals surface area contributed by atoms with E-state index in [4.69, 9.17) is 4.74 Å². The smallest absolute Gasteiger partial charge is 0.302 e. The van der Waals surface area contributed by atoms with Crippen molar-refractivity contribution in [3.63, 3.8) is 0 Å². The number of nitrogens with one attached hydrogen (secondary N) is 1. The minimum atomic E-state index is -0.699. The van der Waals surface area contributed by atoms with Gasteiger partial charge in [-0.1, -0.05) is 0 Å².